The van der Waals surface area contributed by atoms with Crippen LogP contribution < -0.4 is 5.32 Å². The van der Waals surface area contributed by atoms with E-state index < -0.39 is 11.5 Å². The molecule has 1 fully saturated rings. The molecule has 1 heterocycles. The zero-order chi connectivity index (χ0) is 16.0. The van der Waals surface area contributed by atoms with Crippen molar-refractivity contribution in [2.75, 3.05) is 26.8 Å². The molecule has 0 spiro atoms. The number of carbonyl (C=O) groups excluding carboxylic acids is 2. The summed E-state index contributed by atoms with van der Waals surface area (Å²) in [6.07, 6.45) is 0.545. The normalized spacial score (nSPS) is 18.9. The van der Waals surface area contributed by atoms with Crippen LogP contribution in [0.3, 0.4) is 0 Å². The Kier molecular flexibility index (Phi) is 6.14. The minimum atomic E-state index is -0.890. The molecule has 1 aliphatic heterocycles. The van der Waals surface area contributed by atoms with Crippen LogP contribution in [0.15, 0.2) is 0 Å². The maximum Gasteiger partial charge on any atom is 0.303 e. The molecular weight excluding hydrogens is 276 g/mol. The van der Waals surface area contributed by atoms with E-state index in [-0.39, 0.29) is 30.6 Å². The summed E-state index contributed by atoms with van der Waals surface area (Å²) in [5.41, 5.74) is -0.599. The van der Waals surface area contributed by atoms with E-state index in [2.05, 4.69) is 5.32 Å². The van der Waals surface area contributed by atoms with Gasteiger partial charge in [-0.2, -0.15) is 0 Å². The van der Waals surface area contributed by atoms with Crippen LogP contribution in [0, 0.1) is 5.92 Å². The average Bonchev–Trinajstić information content (AvgIpc) is 2.75. The van der Waals surface area contributed by atoms with E-state index in [1.165, 1.54) is 0 Å². The van der Waals surface area contributed by atoms with Crippen molar-refractivity contribution < 1.29 is 24.2 Å². The summed E-state index contributed by atoms with van der Waals surface area (Å²) in [6, 6.07) is 0. The molecule has 0 radical (unpaired) electrons. The Balaban J connectivity index is 2.49. The van der Waals surface area contributed by atoms with Crippen LogP contribution in [0.5, 0.6) is 0 Å². The number of hydrogen-bond acceptors (Lipinski definition) is 4. The lowest BCUT2D eigenvalue weighted by atomic mass is 9.96. The standard InChI is InChI=1S/C14H24N2O5/c1-14(2,5-4-12(18)19)15-13(20)10-8-11(17)16(9-10)6-7-21-3/h10H,4-9H2,1-3H3,(H,15,20)(H,18,19)/t10-/m0/s1. The lowest BCUT2D eigenvalue weighted by Gasteiger charge is -2.27. The topological polar surface area (TPSA) is 95.9 Å². The highest BCUT2D eigenvalue weighted by atomic mass is 16.5. The third-order valence-corrected chi connectivity index (χ3v) is 3.58. The second-order valence-electron chi connectivity index (χ2n) is 6.00. The summed E-state index contributed by atoms with van der Waals surface area (Å²) in [5, 5.41) is 11.5. The van der Waals surface area contributed by atoms with Gasteiger partial charge in [0, 0.05) is 38.6 Å². The summed E-state index contributed by atoms with van der Waals surface area (Å²) in [7, 11) is 1.57. The van der Waals surface area contributed by atoms with Crippen LogP contribution >= 0.6 is 0 Å². The van der Waals surface area contributed by atoms with Gasteiger partial charge in [0.15, 0.2) is 0 Å². The van der Waals surface area contributed by atoms with Gasteiger partial charge in [-0.3, -0.25) is 14.4 Å². The van der Waals surface area contributed by atoms with Crippen molar-refractivity contribution in [1.29, 1.82) is 0 Å². The fourth-order valence-corrected chi connectivity index (χ4v) is 2.28. The molecule has 0 saturated carbocycles. The fourth-order valence-electron chi connectivity index (χ4n) is 2.28. The molecule has 2 N–H and O–H groups in total. The molecule has 1 saturated heterocycles. The lowest BCUT2D eigenvalue weighted by Crippen LogP contribution is -2.47. The van der Waals surface area contributed by atoms with Crippen molar-refractivity contribution in [2.45, 2.75) is 38.6 Å². The Hall–Kier alpha value is -1.63. The number of nitrogens with one attached hydrogen (secondary N) is 1. The molecule has 21 heavy (non-hydrogen) atoms. The first kappa shape index (κ1) is 17.4. The van der Waals surface area contributed by atoms with Gasteiger partial charge >= 0.3 is 5.97 Å². The van der Waals surface area contributed by atoms with Crippen LogP contribution in [-0.4, -0.2) is 60.1 Å². The van der Waals surface area contributed by atoms with Gasteiger partial charge in [0.2, 0.25) is 11.8 Å². The molecular formula is C14H24N2O5. The van der Waals surface area contributed by atoms with Gasteiger partial charge in [-0.25, -0.2) is 0 Å². The number of hydrogen-bond donors (Lipinski definition) is 2. The molecule has 2 amide bonds. The predicted octanol–water partition coefficient (Wildman–Crippen LogP) is 0.241. The third-order valence-electron chi connectivity index (χ3n) is 3.58. The predicted molar refractivity (Wildman–Crippen MR) is 75.7 cm³/mol. The number of carbonyl (C=O) groups is 3. The largest absolute Gasteiger partial charge is 0.481 e. The number of nitrogens with zero attached hydrogens (tertiary/aromatic N) is 1. The maximum absolute atomic E-state index is 12.2. The number of ether oxygens (including phenoxy) is 1. The molecule has 0 aromatic rings. The number of amides is 2. The van der Waals surface area contributed by atoms with Gasteiger partial charge in [-0.05, 0) is 20.3 Å². The molecule has 1 rings (SSSR count). The summed E-state index contributed by atoms with van der Waals surface area (Å²) < 4.78 is 4.93. The Bertz CT molecular complexity index is 408. The fraction of sp³-hybridized carbons (Fsp3) is 0.786. The molecule has 1 atom stereocenters. The van der Waals surface area contributed by atoms with E-state index in [1.807, 2.05) is 0 Å². The van der Waals surface area contributed by atoms with Gasteiger partial charge < -0.3 is 20.1 Å². The van der Waals surface area contributed by atoms with Gasteiger partial charge in [0.05, 0.1) is 12.5 Å². The SMILES string of the molecule is COCCN1C[C@@H](C(=O)NC(C)(C)CCC(=O)O)CC1=O. The zero-order valence-corrected chi connectivity index (χ0v) is 12.8. The Morgan fingerprint density at radius 2 is 2.14 bits per heavy atom. The highest BCUT2D eigenvalue weighted by molar-refractivity contribution is 5.89. The molecule has 0 aromatic heterocycles. The first-order chi connectivity index (χ1) is 9.75. The van der Waals surface area contributed by atoms with Crippen molar-refractivity contribution in [1.82, 2.24) is 10.2 Å². The zero-order valence-electron chi connectivity index (χ0n) is 12.8. The smallest absolute Gasteiger partial charge is 0.303 e. The highest BCUT2D eigenvalue weighted by Gasteiger charge is 2.35. The van der Waals surface area contributed by atoms with Crippen LogP contribution in [0.2, 0.25) is 0 Å². The van der Waals surface area contributed by atoms with Crippen LogP contribution in [0.4, 0.5) is 0 Å². The molecule has 0 aromatic carbocycles. The van der Waals surface area contributed by atoms with Gasteiger partial charge in [-0.15, -0.1) is 0 Å². The highest BCUT2D eigenvalue weighted by Crippen LogP contribution is 2.20. The second kappa shape index (κ2) is 7.40. The van der Waals surface area contributed by atoms with Crippen molar-refractivity contribution in [3.8, 4) is 0 Å². The van der Waals surface area contributed by atoms with E-state index in [1.54, 1.807) is 25.9 Å². The number of rotatable bonds is 8. The summed E-state index contributed by atoms with van der Waals surface area (Å²) in [4.78, 5) is 36.2. The summed E-state index contributed by atoms with van der Waals surface area (Å²) in [6.45, 7) is 4.90. The minimum Gasteiger partial charge on any atom is -0.481 e. The van der Waals surface area contributed by atoms with Crippen molar-refractivity contribution in [3.05, 3.63) is 0 Å². The second-order valence-corrected chi connectivity index (χ2v) is 6.00. The summed E-state index contributed by atoms with van der Waals surface area (Å²) >= 11 is 0. The van der Waals surface area contributed by atoms with E-state index in [0.717, 1.165) is 0 Å². The number of carboxylic acids is 1. The molecule has 1 aliphatic rings. The molecule has 120 valence electrons. The van der Waals surface area contributed by atoms with E-state index in [4.69, 9.17) is 9.84 Å². The van der Waals surface area contributed by atoms with E-state index >= 15 is 0 Å². The van der Waals surface area contributed by atoms with Crippen molar-refractivity contribution >= 4 is 17.8 Å². The van der Waals surface area contributed by atoms with Crippen molar-refractivity contribution in [2.24, 2.45) is 5.92 Å². The van der Waals surface area contributed by atoms with Crippen LogP contribution in [0.25, 0.3) is 0 Å². The average molecular weight is 300 g/mol. The number of methoxy groups -OCH3 is 1. The van der Waals surface area contributed by atoms with E-state index in [9.17, 15) is 14.4 Å². The summed E-state index contributed by atoms with van der Waals surface area (Å²) in [5.74, 6) is -1.51. The Morgan fingerprint density at radius 3 is 2.71 bits per heavy atom. The quantitative estimate of drug-likeness (QED) is 0.669. The number of likely N-dealkylation sites (tertiary alicyclic amines) is 1. The minimum absolute atomic E-state index is 0.00313. The number of carboxylic acid groups (broad SMARTS) is 1. The molecule has 7 heteroatoms. The third kappa shape index (κ3) is 5.71. The van der Waals surface area contributed by atoms with Crippen LogP contribution in [-0.2, 0) is 19.1 Å². The monoisotopic (exact) mass is 300 g/mol. The Morgan fingerprint density at radius 1 is 1.48 bits per heavy atom. The van der Waals surface area contributed by atoms with Gasteiger partial charge in [-0.1, -0.05) is 0 Å². The van der Waals surface area contributed by atoms with E-state index in [0.29, 0.717) is 26.1 Å². The first-order valence-electron chi connectivity index (χ1n) is 7.05. The first-order valence-corrected chi connectivity index (χ1v) is 7.05. The molecule has 0 aliphatic carbocycles. The van der Waals surface area contributed by atoms with Crippen molar-refractivity contribution in [3.63, 3.8) is 0 Å². The maximum atomic E-state index is 12.2. The number of aliphatic carboxylic acids is 1. The molecule has 0 bridgehead atoms. The molecule has 7 nitrogen and oxygen atoms in total. The lowest BCUT2D eigenvalue weighted by molar-refractivity contribution is -0.138. The Labute approximate surface area is 124 Å². The van der Waals surface area contributed by atoms with Gasteiger partial charge in [0.1, 0.15) is 0 Å². The van der Waals surface area contributed by atoms with Crippen LogP contribution in [0.1, 0.15) is 33.1 Å². The molecule has 0 unspecified atom stereocenters. The van der Waals surface area contributed by atoms with Gasteiger partial charge in [0.25, 0.3) is 0 Å².